The largest absolute Gasteiger partial charge is 0.494 e. The van der Waals surface area contributed by atoms with Crippen LogP contribution in [0.25, 0.3) is 11.1 Å². The van der Waals surface area contributed by atoms with Crippen LogP contribution in [0.15, 0.2) is 91.0 Å². The molecule has 4 aromatic rings. The standard InChI is InChI=1S/C41H49NO6/c1-3-4-5-6-8-11-28-45-35-20-18-34(19-21-35)40(43)47-36-22-14-32(15-23-36)33-16-24-37(25-17-33)48-41(44)38-26-13-31(2)30-39(38)46-29-12-9-7-10-27-42/h13-26,30H,3-12,27-29,42H2,1-2H3. The second-order valence-corrected chi connectivity index (χ2v) is 12.0. The predicted octanol–water partition coefficient (Wildman–Crippen LogP) is 9.74. The number of rotatable bonds is 20. The Balaban J connectivity index is 1.25. The summed E-state index contributed by atoms with van der Waals surface area (Å²) in [5.74, 6) is 1.26. The van der Waals surface area contributed by atoms with Crippen molar-refractivity contribution >= 4 is 11.9 Å². The Bertz CT molecular complexity index is 1550. The van der Waals surface area contributed by atoms with Gasteiger partial charge in [0.1, 0.15) is 28.6 Å². The van der Waals surface area contributed by atoms with Crippen LogP contribution in [0.3, 0.4) is 0 Å². The third-order valence-electron chi connectivity index (χ3n) is 8.03. The molecule has 0 amide bonds. The fourth-order valence-electron chi connectivity index (χ4n) is 5.22. The van der Waals surface area contributed by atoms with Crippen molar-refractivity contribution in [3.63, 3.8) is 0 Å². The normalized spacial score (nSPS) is 10.8. The summed E-state index contributed by atoms with van der Waals surface area (Å²) >= 11 is 0. The minimum absolute atomic E-state index is 0.393. The Kier molecular flexibility index (Phi) is 15.0. The van der Waals surface area contributed by atoms with Crippen LogP contribution in [0, 0.1) is 6.92 Å². The zero-order valence-electron chi connectivity index (χ0n) is 28.4. The van der Waals surface area contributed by atoms with Crippen LogP contribution in [-0.2, 0) is 0 Å². The third-order valence-corrected chi connectivity index (χ3v) is 8.03. The summed E-state index contributed by atoms with van der Waals surface area (Å²) in [5, 5.41) is 0. The molecule has 48 heavy (non-hydrogen) atoms. The number of hydrogen-bond acceptors (Lipinski definition) is 7. The smallest absolute Gasteiger partial charge is 0.347 e. The molecule has 7 heteroatoms. The summed E-state index contributed by atoms with van der Waals surface area (Å²) in [4.78, 5) is 25.8. The van der Waals surface area contributed by atoms with Gasteiger partial charge in [-0.15, -0.1) is 0 Å². The van der Waals surface area contributed by atoms with Crippen molar-refractivity contribution < 1.29 is 28.5 Å². The first-order valence-electron chi connectivity index (χ1n) is 17.3. The van der Waals surface area contributed by atoms with Gasteiger partial charge in [-0.1, -0.05) is 82.2 Å². The van der Waals surface area contributed by atoms with Crippen molar-refractivity contribution in [1.29, 1.82) is 0 Å². The molecule has 0 aliphatic carbocycles. The van der Waals surface area contributed by atoms with Crippen LogP contribution < -0.4 is 24.7 Å². The highest BCUT2D eigenvalue weighted by Crippen LogP contribution is 2.27. The molecule has 254 valence electrons. The van der Waals surface area contributed by atoms with Crippen LogP contribution in [0.1, 0.15) is 97.4 Å². The number of hydrogen-bond donors (Lipinski definition) is 1. The maximum Gasteiger partial charge on any atom is 0.347 e. The van der Waals surface area contributed by atoms with E-state index < -0.39 is 11.9 Å². The minimum Gasteiger partial charge on any atom is -0.494 e. The van der Waals surface area contributed by atoms with Crippen LogP contribution in [0.2, 0.25) is 0 Å². The van der Waals surface area contributed by atoms with Gasteiger partial charge in [-0.2, -0.15) is 0 Å². The highest BCUT2D eigenvalue weighted by atomic mass is 16.5. The van der Waals surface area contributed by atoms with Crippen LogP contribution >= 0.6 is 0 Å². The Morgan fingerprint density at radius 2 is 1.08 bits per heavy atom. The molecule has 0 spiro atoms. The van der Waals surface area contributed by atoms with E-state index in [1.165, 1.54) is 32.1 Å². The van der Waals surface area contributed by atoms with Gasteiger partial charge in [-0.05, 0) is 110 Å². The fourth-order valence-corrected chi connectivity index (χ4v) is 5.22. The van der Waals surface area contributed by atoms with E-state index in [0.717, 1.165) is 54.5 Å². The van der Waals surface area contributed by atoms with Gasteiger partial charge in [0, 0.05) is 0 Å². The first-order valence-corrected chi connectivity index (χ1v) is 17.3. The van der Waals surface area contributed by atoms with Crippen molar-refractivity contribution in [2.45, 2.75) is 78.1 Å². The van der Waals surface area contributed by atoms with Gasteiger partial charge < -0.3 is 24.7 Å². The van der Waals surface area contributed by atoms with E-state index in [0.29, 0.717) is 48.1 Å². The quantitative estimate of drug-likeness (QED) is 0.0577. The summed E-state index contributed by atoms with van der Waals surface area (Å²) in [6.07, 6.45) is 11.3. The van der Waals surface area contributed by atoms with Crippen LogP contribution in [-0.4, -0.2) is 31.7 Å². The molecule has 0 unspecified atom stereocenters. The summed E-state index contributed by atoms with van der Waals surface area (Å²) in [6.45, 7) is 6.09. The summed E-state index contributed by atoms with van der Waals surface area (Å²) in [6, 6.07) is 27.1. The fraction of sp³-hybridized carbons (Fsp3) is 0.366. The van der Waals surface area contributed by atoms with E-state index in [9.17, 15) is 9.59 Å². The van der Waals surface area contributed by atoms with E-state index in [2.05, 4.69) is 6.92 Å². The van der Waals surface area contributed by atoms with Crippen LogP contribution in [0.4, 0.5) is 0 Å². The molecule has 0 saturated carbocycles. The second-order valence-electron chi connectivity index (χ2n) is 12.0. The number of unbranched alkanes of at least 4 members (excludes halogenated alkanes) is 8. The highest BCUT2D eigenvalue weighted by molar-refractivity contribution is 5.94. The lowest BCUT2D eigenvalue weighted by Crippen LogP contribution is -2.11. The zero-order valence-corrected chi connectivity index (χ0v) is 28.4. The average Bonchev–Trinajstić information content (AvgIpc) is 3.10. The van der Waals surface area contributed by atoms with Crippen molar-refractivity contribution in [2.75, 3.05) is 19.8 Å². The van der Waals surface area contributed by atoms with Gasteiger partial charge >= 0.3 is 11.9 Å². The number of benzene rings is 4. The number of carbonyl (C=O) groups is 2. The van der Waals surface area contributed by atoms with Crippen molar-refractivity contribution in [3.8, 4) is 34.1 Å². The number of ether oxygens (including phenoxy) is 4. The molecular weight excluding hydrogens is 602 g/mol. The molecule has 0 aromatic heterocycles. The van der Waals surface area contributed by atoms with E-state index in [1.807, 2.05) is 43.3 Å². The molecule has 0 heterocycles. The number of aryl methyl sites for hydroxylation is 1. The maximum absolute atomic E-state index is 13.0. The number of esters is 2. The van der Waals surface area contributed by atoms with Gasteiger partial charge in [0.05, 0.1) is 18.8 Å². The number of nitrogens with two attached hydrogens (primary N) is 1. The van der Waals surface area contributed by atoms with E-state index in [-0.39, 0.29) is 0 Å². The molecule has 0 radical (unpaired) electrons. The lowest BCUT2D eigenvalue weighted by Gasteiger charge is -2.12. The Morgan fingerprint density at radius 3 is 1.69 bits per heavy atom. The Morgan fingerprint density at radius 1 is 0.562 bits per heavy atom. The molecule has 4 rings (SSSR count). The summed E-state index contributed by atoms with van der Waals surface area (Å²) < 4.78 is 23.1. The summed E-state index contributed by atoms with van der Waals surface area (Å²) in [5.41, 5.74) is 9.28. The first kappa shape index (κ1) is 36.2. The molecule has 0 atom stereocenters. The molecule has 0 saturated heterocycles. The molecule has 0 aliphatic rings. The lowest BCUT2D eigenvalue weighted by atomic mass is 10.1. The van der Waals surface area contributed by atoms with Crippen molar-refractivity contribution in [3.05, 3.63) is 108 Å². The molecule has 0 fully saturated rings. The van der Waals surface area contributed by atoms with Gasteiger partial charge in [0.2, 0.25) is 0 Å². The van der Waals surface area contributed by atoms with Gasteiger partial charge in [0.25, 0.3) is 0 Å². The van der Waals surface area contributed by atoms with Crippen molar-refractivity contribution in [2.24, 2.45) is 5.73 Å². The second kappa shape index (κ2) is 19.9. The van der Waals surface area contributed by atoms with E-state index in [4.69, 9.17) is 24.7 Å². The molecule has 0 aliphatic heterocycles. The minimum atomic E-state index is -0.470. The third kappa shape index (κ3) is 11.9. The topological polar surface area (TPSA) is 97.1 Å². The van der Waals surface area contributed by atoms with Gasteiger partial charge in [-0.25, -0.2) is 9.59 Å². The Hall–Kier alpha value is -4.62. The molecule has 4 aromatic carbocycles. The first-order chi connectivity index (χ1) is 23.5. The lowest BCUT2D eigenvalue weighted by molar-refractivity contribution is 0.0722. The van der Waals surface area contributed by atoms with Gasteiger partial charge in [-0.3, -0.25) is 0 Å². The maximum atomic E-state index is 13.0. The molecule has 0 bridgehead atoms. The molecule has 7 nitrogen and oxygen atoms in total. The highest BCUT2D eigenvalue weighted by Gasteiger charge is 2.16. The monoisotopic (exact) mass is 651 g/mol. The number of carbonyl (C=O) groups excluding carboxylic acids is 2. The summed E-state index contributed by atoms with van der Waals surface area (Å²) in [7, 11) is 0. The average molecular weight is 652 g/mol. The molecule has 2 N–H and O–H groups in total. The SMILES string of the molecule is CCCCCCCCOc1ccc(C(=O)Oc2ccc(-c3ccc(OC(=O)c4ccc(C)cc4OCCCCCCN)cc3)cc2)cc1. The zero-order chi connectivity index (χ0) is 34.0. The van der Waals surface area contributed by atoms with Crippen molar-refractivity contribution in [1.82, 2.24) is 0 Å². The van der Waals surface area contributed by atoms with Crippen LogP contribution in [0.5, 0.6) is 23.0 Å². The molecular formula is C41H49NO6. The van der Waals surface area contributed by atoms with E-state index >= 15 is 0 Å². The Labute approximate surface area is 285 Å². The van der Waals surface area contributed by atoms with E-state index in [1.54, 1.807) is 54.6 Å². The predicted molar refractivity (Wildman–Crippen MR) is 191 cm³/mol. The van der Waals surface area contributed by atoms with Gasteiger partial charge in [0.15, 0.2) is 0 Å².